The van der Waals surface area contributed by atoms with Gasteiger partial charge in [-0.15, -0.1) is 0 Å². The molecule has 0 aliphatic heterocycles. The van der Waals surface area contributed by atoms with Crippen LogP contribution in [-0.4, -0.2) is 15.8 Å². The van der Waals surface area contributed by atoms with Gasteiger partial charge in [0.1, 0.15) is 10.9 Å². The lowest BCUT2D eigenvalue weighted by Crippen LogP contribution is -1.97. The minimum Gasteiger partial charge on any atom is -0.300 e. The van der Waals surface area contributed by atoms with Gasteiger partial charge < -0.3 is 0 Å². The van der Waals surface area contributed by atoms with Crippen molar-refractivity contribution in [1.82, 2.24) is 9.97 Å². The van der Waals surface area contributed by atoms with E-state index in [2.05, 4.69) is 34.2 Å². The fourth-order valence-electron chi connectivity index (χ4n) is 2.63. The number of benzene rings is 2. The molecule has 0 bridgehead atoms. The van der Waals surface area contributed by atoms with Crippen LogP contribution in [0.4, 0.5) is 0 Å². The summed E-state index contributed by atoms with van der Waals surface area (Å²) in [7, 11) is 0. The number of carbonyl (C=O) groups is 1. The van der Waals surface area contributed by atoms with Crippen LogP contribution in [-0.2, 0) is 17.0 Å². The summed E-state index contributed by atoms with van der Waals surface area (Å²) < 4.78 is 0. The lowest BCUT2D eigenvalue weighted by molar-refractivity contribution is -0.118. The number of ketones is 1. The van der Waals surface area contributed by atoms with Crippen LogP contribution < -0.4 is 0 Å². The van der Waals surface area contributed by atoms with Gasteiger partial charge in [0.05, 0.1) is 5.69 Å². The number of carbonyl (C=O) groups excluding carboxylic acids is 1. The first-order valence-electron chi connectivity index (χ1n) is 8.96. The highest BCUT2D eigenvalue weighted by atomic mass is 35.5. The molecule has 1 heterocycles. The average molecular weight is 397 g/mol. The van der Waals surface area contributed by atoms with Crippen molar-refractivity contribution < 1.29 is 4.79 Å². The van der Waals surface area contributed by atoms with Gasteiger partial charge in [0.2, 0.25) is 0 Å². The topological polar surface area (TPSA) is 42.9 Å². The highest BCUT2D eigenvalue weighted by molar-refractivity contribution is 7.98. The Labute approximate surface area is 169 Å². The molecule has 0 amide bonds. The molecule has 0 atom stereocenters. The van der Waals surface area contributed by atoms with Crippen molar-refractivity contribution in [3.05, 3.63) is 76.9 Å². The molecule has 0 unspecified atom stereocenters. The molecule has 1 aromatic heterocycles. The molecular weight excluding hydrogens is 376 g/mol. The molecule has 0 aliphatic carbocycles. The van der Waals surface area contributed by atoms with Gasteiger partial charge in [0.25, 0.3) is 0 Å². The molecule has 5 heteroatoms. The van der Waals surface area contributed by atoms with Gasteiger partial charge in [0, 0.05) is 30.2 Å². The van der Waals surface area contributed by atoms with E-state index in [-0.39, 0.29) is 0 Å². The highest BCUT2D eigenvalue weighted by Crippen LogP contribution is 2.26. The zero-order chi connectivity index (χ0) is 19.1. The van der Waals surface area contributed by atoms with E-state index in [9.17, 15) is 4.79 Å². The van der Waals surface area contributed by atoms with Crippen molar-refractivity contribution in [1.29, 1.82) is 0 Å². The van der Waals surface area contributed by atoms with Crippen LogP contribution in [0.1, 0.15) is 30.9 Å². The van der Waals surface area contributed by atoms with Gasteiger partial charge in [-0.25, -0.2) is 9.97 Å². The van der Waals surface area contributed by atoms with Crippen LogP contribution in [0.2, 0.25) is 5.15 Å². The predicted molar refractivity (Wildman–Crippen MR) is 112 cm³/mol. The number of aryl methyl sites for hydroxylation is 1. The average Bonchev–Trinajstić information content (AvgIpc) is 2.71. The molecule has 2 aromatic carbocycles. The second-order valence-corrected chi connectivity index (χ2v) is 7.55. The van der Waals surface area contributed by atoms with Gasteiger partial charge in [-0.05, 0) is 17.5 Å². The molecule has 138 valence electrons. The Kier molecular flexibility index (Phi) is 7.02. The molecule has 0 aliphatic rings. The molecule has 3 rings (SSSR count). The summed E-state index contributed by atoms with van der Waals surface area (Å²) in [5.74, 6) is 1.07. The summed E-state index contributed by atoms with van der Waals surface area (Å²) in [6.45, 7) is 1.91. The standard InChI is InChI=1S/C22H21ClN2OS/c1-2-19(26)13-12-16-8-10-17(11-9-16)15-27-22-24-20(14-21(23)25-22)18-6-4-3-5-7-18/h3-11,14H,2,12-13,15H2,1H3. The van der Waals surface area contributed by atoms with Crippen molar-refractivity contribution in [3.8, 4) is 11.3 Å². The van der Waals surface area contributed by atoms with E-state index in [0.29, 0.717) is 28.9 Å². The van der Waals surface area contributed by atoms with E-state index < -0.39 is 0 Å². The summed E-state index contributed by atoms with van der Waals surface area (Å²) in [6, 6.07) is 20.1. The molecule has 0 spiro atoms. The summed E-state index contributed by atoms with van der Waals surface area (Å²) in [4.78, 5) is 20.4. The first kappa shape index (κ1) is 19.6. The second-order valence-electron chi connectivity index (χ2n) is 6.22. The number of halogens is 1. The van der Waals surface area contributed by atoms with Crippen LogP contribution in [0, 0.1) is 0 Å². The fraction of sp³-hybridized carbons (Fsp3) is 0.227. The Morgan fingerprint density at radius 1 is 1.00 bits per heavy atom. The van der Waals surface area contributed by atoms with E-state index in [1.165, 1.54) is 11.1 Å². The van der Waals surface area contributed by atoms with Gasteiger partial charge in [-0.3, -0.25) is 4.79 Å². The van der Waals surface area contributed by atoms with Crippen molar-refractivity contribution in [2.24, 2.45) is 0 Å². The Bertz CT molecular complexity index is 898. The number of hydrogen-bond acceptors (Lipinski definition) is 4. The van der Waals surface area contributed by atoms with Gasteiger partial charge >= 0.3 is 0 Å². The largest absolute Gasteiger partial charge is 0.300 e. The smallest absolute Gasteiger partial charge is 0.189 e. The zero-order valence-corrected chi connectivity index (χ0v) is 16.8. The van der Waals surface area contributed by atoms with Crippen LogP contribution in [0.25, 0.3) is 11.3 Å². The van der Waals surface area contributed by atoms with Crippen molar-refractivity contribution in [3.63, 3.8) is 0 Å². The summed E-state index contributed by atoms with van der Waals surface area (Å²) in [5, 5.41) is 1.11. The van der Waals surface area contributed by atoms with Crippen molar-refractivity contribution >= 4 is 29.1 Å². The Morgan fingerprint density at radius 3 is 2.41 bits per heavy atom. The SMILES string of the molecule is CCC(=O)CCc1ccc(CSc2nc(Cl)cc(-c3ccccc3)n2)cc1. The molecule has 0 fully saturated rings. The lowest BCUT2D eigenvalue weighted by Gasteiger charge is -2.06. The predicted octanol–water partition coefficient (Wildman–Crippen LogP) is 6.00. The van der Waals surface area contributed by atoms with Crippen LogP contribution >= 0.6 is 23.4 Å². The second kappa shape index (κ2) is 9.67. The fourth-order valence-corrected chi connectivity index (χ4v) is 3.68. The molecule has 3 nitrogen and oxygen atoms in total. The Morgan fingerprint density at radius 2 is 1.70 bits per heavy atom. The number of thioether (sulfide) groups is 1. The quantitative estimate of drug-likeness (QED) is 0.266. The van der Waals surface area contributed by atoms with E-state index >= 15 is 0 Å². The van der Waals surface area contributed by atoms with Gasteiger partial charge in [-0.2, -0.15) is 0 Å². The maximum Gasteiger partial charge on any atom is 0.189 e. The van der Waals surface area contributed by atoms with E-state index in [0.717, 1.165) is 23.4 Å². The molecule has 0 saturated carbocycles. The van der Waals surface area contributed by atoms with E-state index in [1.54, 1.807) is 17.8 Å². The molecule has 0 radical (unpaired) electrons. The molecule has 3 aromatic rings. The summed E-state index contributed by atoms with van der Waals surface area (Å²) in [5.41, 5.74) is 4.23. The monoisotopic (exact) mass is 396 g/mol. The summed E-state index contributed by atoms with van der Waals surface area (Å²) >= 11 is 7.75. The van der Waals surface area contributed by atoms with Gasteiger partial charge in [-0.1, -0.05) is 84.9 Å². The minimum absolute atomic E-state index is 0.307. The van der Waals surface area contributed by atoms with E-state index in [4.69, 9.17) is 11.6 Å². The van der Waals surface area contributed by atoms with Crippen LogP contribution in [0.3, 0.4) is 0 Å². The molecule has 0 N–H and O–H groups in total. The third-order valence-electron chi connectivity index (χ3n) is 4.22. The van der Waals surface area contributed by atoms with Crippen molar-refractivity contribution in [2.45, 2.75) is 37.1 Å². The lowest BCUT2D eigenvalue weighted by atomic mass is 10.1. The maximum absolute atomic E-state index is 11.4. The minimum atomic E-state index is 0.307. The van der Waals surface area contributed by atoms with Crippen molar-refractivity contribution in [2.75, 3.05) is 0 Å². The van der Waals surface area contributed by atoms with Crippen LogP contribution in [0.15, 0.2) is 65.8 Å². The Hall–Kier alpha value is -2.17. The summed E-state index contributed by atoms with van der Waals surface area (Å²) in [6.07, 6.45) is 2.03. The molecule has 27 heavy (non-hydrogen) atoms. The zero-order valence-electron chi connectivity index (χ0n) is 15.2. The van der Waals surface area contributed by atoms with Gasteiger partial charge in [0.15, 0.2) is 5.16 Å². The first-order chi connectivity index (χ1) is 13.1. The first-order valence-corrected chi connectivity index (χ1v) is 10.3. The number of Topliss-reactive ketones (excluding diaryl/α,β-unsaturated/α-hetero) is 1. The number of nitrogens with zero attached hydrogens (tertiary/aromatic N) is 2. The third-order valence-corrected chi connectivity index (χ3v) is 5.33. The van der Waals surface area contributed by atoms with E-state index in [1.807, 2.05) is 37.3 Å². The number of aromatic nitrogens is 2. The molecule has 0 saturated heterocycles. The number of rotatable bonds is 8. The van der Waals surface area contributed by atoms with Crippen LogP contribution in [0.5, 0.6) is 0 Å². The maximum atomic E-state index is 11.4. The highest BCUT2D eigenvalue weighted by Gasteiger charge is 2.07. The normalized spacial score (nSPS) is 10.7. The molecular formula is C22H21ClN2OS. The Balaban J connectivity index is 1.63. The number of hydrogen-bond donors (Lipinski definition) is 0. The third kappa shape index (κ3) is 5.91.